The predicted molar refractivity (Wildman–Crippen MR) is 116 cm³/mol. The number of hydrogen-bond donors (Lipinski definition) is 2. The molecular weight excluding hydrogens is 504 g/mol. The van der Waals surface area contributed by atoms with Crippen LogP contribution in [0.2, 0.25) is 0 Å². The van der Waals surface area contributed by atoms with E-state index < -0.39 is 50.7 Å². The predicted octanol–water partition coefficient (Wildman–Crippen LogP) is 5.80. The SMILES string of the molecule is CC1=[N+](CCCCS(=O)(=O)O)c2cc(C(F)(F)F)cc(C(F)(F)F)c2C1(C)CCCCCC(=O)O. The molecule has 1 aromatic carbocycles. The number of aliphatic carboxylic acids is 1. The monoisotopic (exact) mass is 532 g/mol. The van der Waals surface area contributed by atoms with Crippen LogP contribution in [0.25, 0.3) is 0 Å². The van der Waals surface area contributed by atoms with Crippen molar-refractivity contribution in [1.29, 1.82) is 0 Å². The van der Waals surface area contributed by atoms with Crippen LogP contribution in [0.3, 0.4) is 0 Å². The zero-order valence-corrected chi connectivity index (χ0v) is 20.1. The van der Waals surface area contributed by atoms with Gasteiger partial charge in [-0.15, -0.1) is 0 Å². The van der Waals surface area contributed by atoms with E-state index >= 15 is 0 Å². The van der Waals surface area contributed by atoms with E-state index in [1.54, 1.807) is 0 Å². The smallest absolute Gasteiger partial charge is 0.416 e. The molecule has 1 heterocycles. The summed E-state index contributed by atoms with van der Waals surface area (Å²) in [6.07, 6.45) is -8.86. The Kier molecular flexibility index (Phi) is 8.69. The van der Waals surface area contributed by atoms with Crippen molar-refractivity contribution in [3.63, 3.8) is 0 Å². The van der Waals surface area contributed by atoms with Crippen molar-refractivity contribution in [1.82, 2.24) is 0 Å². The first-order valence-corrected chi connectivity index (χ1v) is 12.6. The molecule has 1 aliphatic rings. The molecule has 6 nitrogen and oxygen atoms in total. The van der Waals surface area contributed by atoms with Crippen LogP contribution in [-0.2, 0) is 32.7 Å². The number of fused-ring (bicyclic) bond motifs is 1. The lowest BCUT2D eigenvalue weighted by molar-refractivity contribution is -0.439. The van der Waals surface area contributed by atoms with Gasteiger partial charge in [-0.2, -0.15) is 39.3 Å². The van der Waals surface area contributed by atoms with Crippen LogP contribution in [0.1, 0.15) is 75.5 Å². The number of unbranched alkanes of at least 4 members (excludes halogenated alkanes) is 3. The number of hydrogen-bond acceptors (Lipinski definition) is 3. The highest BCUT2D eigenvalue weighted by Crippen LogP contribution is 2.51. The van der Waals surface area contributed by atoms with E-state index in [2.05, 4.69) is 0 Å². The van der Waals surface area contributed by atoms with E-state index in [-0.39, 0.29) is 49.5 Å². The van der Waals surface area contributed by atoms with E-state index in [0.29, 0.717) is 31.0 Å². The van der Waals surface area contributed by atoms with Crippen molar-refractivity contribution in [3.8, 4) is 0 Å². The summed E-state index contributed by atoms with van der Waals surface area (Å²) in [7, 11) is -4.26. The molecule has 13 heteroatoms. The van der Waals surface area contributed by atoms with Gasteiger partial charge in [0.15, 0.2) is 5.71 Å². The molecule has 1 aliphatic heterocycles. The molecule has 0 radical (unpaired) electrons. The van der Waals surface area contributed by atoms with Gasteiger partial charge in [-0.1, -0.05) is 12.8 Å². The first-order chi connectivity index (χ1) is 15.9. The van der Waals surface area contributed by atoms with Crippen molar-refractivity contribution < 1.29 is 53.8 Å². The Bertz CT molecular complexity index is 1090. The number of rotatable bonds is 11. The van der Waals surface area contributed by atoms with Crippen molar-refractivity contribution in [3.05, 3.63) is 28.8 Å². The topological polar surface area (TPSA) is 94.7 Å². The van der Waals surface area contributed by atoms with Gasteiger partial charge in [0.1, 0.15) is 6.54 Å². The summed E-state index contributed by atoms with van der Waals surface area (Å²) >= 11 is 0. The van der Waals surface area contributed by atoms with Gasteiger partial charge in [0.2, 0.25) is 5.69 Å². The average molecular weight is 533 g/mol. The first kappa shape index (κ1) is 29.1. The first-order valence-electron chi connectivity index (χ1n) is 11.0. The number of halogens is 6. The maximum Gasteiger partial charge on any atom is 0.416 e. The Morgan fingerprint density at radius 2 is 1.63 bits per heavy atom. The number of nitrogens with zero attached hydrogens (tertiary/aromatic N) is 1. The fourth-order valence-corrected chi connectivity index (χ4v) is 5.12. The summed E-state index contributed by atoms with van der Waals surface area (Å²) in [6.45, 7) is 3.02. The lowest BCUT2D eigenvalue weighted by Crippen LogP contribution is -2.32. The van der Waals surface area contributed by atoms with Gasteiger partial charge in [-0.05, 0) is 32.3 Å². The minimum Gasteiger partial charge on any atom is -0.481 e. The molecule has 0 amide bonds. The molecule has 0 bridgehead atoms. The maximum absolute atomic E-state index is 14.0. The lowest BCUT2D eigenvalue weighted by atomic mass is 9.73. The molecule has 1 unspecified atom stereocenters. The van der Waals surface area contributed by atoms with Gasteiger partial charge < -0.3 is 5.11 Å². The van der Waals surface area contributed by atoms with Gasteiger partial charge in [0.05, 0.1) is 27.9 Å². The van der Waals surface area contributed by atoms with Crippen molar-refractivity contribution in [2.45, 2.75) is 76.6 Å². The highest BCUT2D eigenvalue weighted by molar-refractivity contribution is 7.85. The Morgan fingerprint density at radius 3 is 2.14 bits per heavy atom. The molecule has 0 aromatic heterocycles. The Hall–Kier alpha value is -2.15. The Labute approximate surface area is 199 Å². The van der Waals surface area contributed by atoms with E-state index in [9.17, 15) is 39.6 Å². The van der Waals surface area contributed by atoms with Crippen LogP contribution in [0.15, 0.2) is 12.1 Å². The standard InChI is InChI=1S/C22H27F6NO5S/c1-14-20(2,9-5-3-4-8-18(30)31)19-16(22(26,27)28)12-15(21(23,24)25)13-17(19)29(14)10-6-7-11-35(32,33)34/h12-13H,3-11H2,1-2H3,(H-,30,31,32,33,34)/p+1. The molecule has 2 N–H and O–H groups in total. The molecule has 35 heavy (non-hydrogen) atoms. The molecule has 0 aliphatic carbocycles. The maximum atomic E-state index is 14.0. The molecule has 0 saturated carbocycles. The minimum atomic E-state index is -5.06. The molecule has 1 atom stereocenters. The number of alkyl halides is 6. The minimum absolute atomic E-state index is 0.0328. The van der Waals surface area contributed by atoms with E-state index in [0.717, 1.165) is 0 Å². The number of benzene rings is 1. The van der Waals surface area contributed by atoms with Crippen LogP contribution in [0.5, 0.6) is 0 Å². The Morgan fingerprint density at radius 1 is 1.00 bits per heavy atom. The normalized spacial score (nSPS) is 18.8. The molecule has 1 aromatic rings. The second-order valence-corrected chi connectivity index (χ2v) is 10.5. The largest absolute Gasteiger partial charge is 0.481 e. The summed E-state index contributed by atoms with van der Waals surface area (Å²) in [5, 5.41) is 8.77. The molecule has 0 saturated heterocycles. The summed E-state index contributed by atoms with van der Waals surface area (Å²) in [5.41, 5.74) is -4.20. The van der Waals surface area contributed by atoms with Gasteiger partial charge in [-0.3, -0.25) is 9.35 Å². The average Bonchev–Trinajstić information content (AvgIpc) is 2.89. The fraction of sp³-hybridized carbons (Fsp3) is 0.636. The van der Waals surface area contributed by atoms with Crippen molar-refractivity contribution in [2.75, 3.05) is 12.3 Å². The summed E-state index contributed by atoms with van der Waals surface area (Å²) < 4.78 is 115. The Balaban J connectivity index is 2.55. The van der Waals surface area contributed by atoms with Crippen LogP contribution < -0.4 is 0 Å². The highest BCUT2D eigenvalue weighted by Gasteiger charge is 2.53. The van der Waals surface area contributed by atoms with E-state index in [1.165, 1.54) is 18.4 Å². The number of carboxylic acid groups (broad SMARTS) is 1. The molecule has 0 fully saturated rings. The van der Waals surface area contributed by atoms with Gasteiger partial charge in [0, 0.05) is 25.8 Å². The van der Waals surface area contributed by atoms with Crippen LogP contribution in [0, 0.1) is 0 Å². The third-order valence-corrected chi connectivity index (χ3v) is 7.20. The number of carbonyl (C=O) groups is 1. The van der Waals surface area contributed by atoms with Crippen LogP contribution in [-0.4, -0.2) is 46.6 Å². The number of carboxylic acids is 1. The molecular formula is C22H28F6NO5S+. The molecule has 0 spiro atoms. The van der Waals surface area contributed by atoms with E-state index in [4.69, 9.17) is 9.66 Å². The van der Waals surface area contributed by atoms with Crippen LogP contribution in [0.4, 0.5) is 32.0 Å². The van der Waals surface area contributed by atoms with Crippen molar-refractivity contribution in [2.24, 2.45) is 0 Å². The lowest BCUT2D eigenvalue weighted by Gasteiger charge is -2.26. The second-order valence-electron chi connectivity index (χ2n) is 8.93. The second kappa shape index (κ2) is 10.5. The van der Waals surface area contributed by atoms with Crippen molar-refractivity contribution >= 4 is 27.5 Å². The third-order valence-electron chi connectivity index (χ3n) is 6.40. The third kappa shape index (κ3) is 7.18. The molecule has 198 valence electrons. The summed E-state index contributed by atoms with van der Waals surface area (Å²) in [5.74, 6) is -1.58. The summed E-state index contributed by atoms with van der Waals surface area (Å²) in [4.78, 5) is 10.7. The van der Waals surface area contributed by atoms with Gasteiger partial charge >= 0.3 is 18.3 Å². The highest BCUT2D eigenvalue weighted by atomic mass is 32.2. The quantitative estimate of drug-likeness (QED) is 0.163. The summed E-state index contributed by atoms with van der Waals surface area (Å²) in [6, 6.07) is 0.809. The van der Waals surface area contributed by atoms with Crippen LogP contribution >= 0.6 is 0 Å². The van der Waals surface area contributed by atoms with Gasteiger partial charge in [0.25, 0.3) is 10.1 Å². The zero-order valence-electron chi connectivity index (χ0n) is 19.3. The fourth-order valence-electron chi connectivity index (χ4n) is 4.55. The zero-order chi connectivity index (χ0) is 26.8. The van der Waals surface area contributed by atoms with E-state index in [1.807, 2.05) is 0 Å². The van der Waals surface area contributed by atoms with Gasteiger partial charge in [-0.25, -0.2) is 0 Å². The molecule has 2 rings (SSSR count).